The van der Waals surface area contributed by atoms with Gasteiger partial charge in [-0.25, -0.2) is 0 Å². The Bertz CT molecular complexity index is 477. The number of aromatic nitrogens is 2. The van der Waals surface area contributed by atoms with Crippen LogP contribution in [0.25, 0.3) is 0 Å². The van der Waals surface area contributed by atoms with E-state index in [9.17, 15) is 4.79 Å². The lowest BCUT2D eigenvalue weighted by Gasteiger charge is -2.04. The number of carbonyl (C=O) groups excluding carboxylic acids is 1. The molecule has 1 heterocycles. The van der Waals surface area contributed by atoms with Crippen LogP contribution in [0.2, 0.25) is 0 Å². The topological polar surface area (TPSA) is 68.0 Å². The summed E-state index contributed by atoms with van der Waals surface area (Å²) < 4.78 is 4.66. The van der Waals surface area contributed by atoms with Crippen molar-refractivity contribution in [1.29, 1.82) is 0 Å². The Labute approximate surface area is 98.8 Å². The first-order valence-corrected chi connectivity index (χ1v) is 5.42. The van der Waals surface area contributed by atoms with Gasteiger partial charge in [-0.15, -0.1) is 0 Å². The van der Waals surface area contributed by atoms with Gasteiger partial charge in [0.2, 0.25) is 12.3 Å². The lowest BCUT2D eigenvalue weighted by molar-refractivity contribution is -0.115. The second kappa shape index (κ2) is 5.25. The minimum atomic E-state index is 0.0101. The Morgan fingerprint density at radius 2 is 2.12 bits per heavy atom. The fraction of sp³-hybridized carbons (Fsp3) is 0.250. The summed E-state index contributed by atoms with van der Waals surface area (Å²) in [6, 6.07) is 7.59. The highest BCUT2D eigenvalue weighted by molar-refractivity contribution is 5.90. The molecule has 0 atom stereocenters. The van der Waals surface area contributed by atoms with Crippen molar-refractivity contribution in [2.24, 2.45) is 0 Å². The number of benzene rings is 1. The lowest BCUT2D eigenvalue weighted by Crippen LogP contribution is -2.09. The van der Waals surface area contributed by atoms with E-state index in [1.807, 2.05) is 31.2 Å². The molecule has 0 fully saturated rings. The quantitative estimate of drug-likeness (QED) is 0.873. The predicted molar refractivity (Wildman–Crippen MR) is 62.5 cm³/mol. The van der Waals surface area contributed by atoms with Gasteiger partial charge >= 0.3 is 0 Å². The van der Waals surface area contributed by atoms with Gasteiger partial charge in [-0.3, -0.25) is 4.79 Å². The van der Waals surface area contributed by atoms with E-state index in [2.05, 4.69) is 20.0 Å². The molecule has 0 bridgehead atoms. The standard InChI is InChI=1S/C12H13N3O2/c1-2-12(16)14-10-5-3-9(4-6-10)7-11-13-8-17-15-11/h3-6,8H,2,7H2,1H3,(H,14,16). The van der Waals surface area contributed by atoms with E-state index < -0.39 is 0 Å². The predicted octanol–water partition coefficient (Wildman–Crippen LogP) is 2.01. The summed E-state index contributed by atoms with van der Waals surface area (Å²) in [6.45, 7) is 1.82. The molecule has 0 aliphatic carbocycles. The van der Waals surface area contributed by atoms with E-state index >= 15 is 0 Å². The first-order chi connectivity index (χ1) is 8.28. The molecule has 0 unspecified atom stereocenters. The summed E-state index contributed by atoms with van der Waals surface area (Å²) in [7, 11) is 0. The summed E-state index contributed by atoms with van der Waals surface area (Å²) in [5.74, 6) is 0.659. The first kappa shape index (κ1) is 11.3. The third-order valence-corrected chi connectivity index (χ3v) is 2.33. The van der Waals surface area contributed by atoms with Gasteiger partial charge in [0.05, 0.1) is 0 Å². The zero-order valence-electron chi connectivity index (χ0n) is 9.51. The third-order valence-electron chi connectivity index (χ3n) is 2.33. The summed E-state index contributed by atoms with van der Waals surface area (Å²) in [5, 5.41) is 6.53. The van der Waals surface area contributed by atoms with Crippen molar-refractivity contribution in [3.8, 4) is 0 Å². The van der Waals surface area contributed by atoms with Gasteiger partial charge < -0.3 is 9.84 Å². The summed E-state index contributed by atoms with van der Waals surface area (Å²) in [5.41, 5.74) is 1.87. The smallest absolute Gasteiger partial charge is 0.224 e. The second-order valence-corrected chi connectivity index (χ2v) is 3.62. The van der Waals surface area contributed by atoms with Crippen LogP contribution in [0.4, 0.5) is 5.69 Å². The minimum Gasteiger partial charge on any atom is -0.343 e. The molecule has 0 saturated carbocycles. The zero-order chi connectivity index (χ0) is 12.1. The van der Waals surface area contributed by atoms with E-state index in [-0.39, 0.29) is 5.91 Å². The number of hydrogen-bond acceptors (Lipinski definition) is 4. The van der Waals surface area contributed by atoms with Crippen molar-refractivity contribution < 1.29 is 9.32 Å². The normalized spacial score (nSPS) is 10.2. The molecule has 1 aromatic carbocycles. The molecule has 0 spiro atoms. The average Bonchev–Trinajstić information content (AvgIpc) is 2.84. The van der Waals surface area contributed by atoms with E-state index in [0.29, 0.717) is 18.7 Å². The number of amides is 1. The van der Waals surface area contributed by atoms with Crippen LogP contribution in [0.1, 0.15) is 24.7 Å². The van der Waals surface area contributed by atoms with Crippen molar-refractivity contribution in [3.63, 3.8) is 0 Å². The van der Waals surface area contributed by atoms with Gasteiger partial charge in [0.15, 0.2) is 5.82 Å². The number of anilines is 1. The van der Waals surface area contributed by atoms with Gasteiger partial charge in [-0.1, -0.05) is 24.2 Å². The highest BCUT2D eigenvalue weighted by Crippen LogP contribution is 2.12. The molecule has 1 amide bonds. The Morgan fingerprint density at radius 3 is 2.71 bits per heavy atom. The van der Waals surface area contributed by atoms with E-state index in [1.165, 1.54) is 6.39 Å². The average molecular weight is 231 g/mol. The number of nitrogens with zero attached hydrogens (tertiary/aromatic N) is 2. The van der Waals surface area contributed by atoms with Crippen LogP contribution in [-0.4, -0.2) is 16.0 Å². The van der Waals surface area contributed by atoms with Crippen molar-refractivity contribution in [2.75, 3.05) is 5.32 Å². The molecule has 88 valence electrons. The minimum absolute atomic E-state index is 0.0101. The molecular formula is C12H13N3O2. The molecule has 17 heavy (non-hydrogen) atoms. The van der Waals surface area contributed by atoms with Gasteiger partial charge in [0, 0.05) is 18.5 Å². The highest BCUT2D eigenvalue weighted by Gasteiger charge is 2.02. The molecule has 0 radical (unpaired) electrons. The lowest BCUT2D eigenvalue weighted by atomic mass is 10.1. The maximum absolute atomic E-state index is 11.2. The van der Waals surface area contributed by atoms with Gasteiger partial charge in [-0.05, 0) is 17.7 Å². The Kier molecular flexibility index (Phi) is 3.49. The second-order valence-electron chi connectivity index (χ2n) is 3.62. The SMILES string of the molecule is CCC(=O)Nc1ccc(Cc2ncon2)cc1. The van der Waals surface area contributed by atoms with Crippen molar-refractivity contribution in [3.05, 3.63) is 42.0 Å². The van der Waals surface area contributed by atoms with Crippen molar-refractivity contribution in [2.45, 2.75) is 19.8 Å². The number of hydrogen-bond donors (Lipinski definition) is 1. The molecule has 0 aliphatic heterocycles. The number of nitrogens with one attached hydrogen (secondary N) is 1. The Balaban J connectivity index is 2.00. The van der Waals surface area contributed by atoms with Crippen LogP contribution < -0.4 is 5.32 Å². The molecule has 1 N–H and O–H groups in total. The monoisotopic (exact) mass is 231 g/mol. The molecular weight excluding hydrogens is 218 g/mol. The van der Waals surface area contributed by atoms with Crippen molar-refractivity contribution in [1.82, 2.24) is 10.1 Å². The van der Waals surface area contributed by atoms with E-state index in [0.717, 1.165) is 11.3 Å². The summed E-state index contributed by atoms with van der Waals surface area (Å²) >= 11 is 0. The van der Waals surface area contributed by atoms with Crippen molar-refractivity contribution >= 4 is 11.6 Å². The fourth-order valence-electron chi connectivity index (χ4n) is 1.41. The van der Waals surface area contributed by atoms with Crippen LogP contribution in [0, 0.1) is 0 Å². The fourth-order valence-corrected chi connectivity index (χ4v) is 1.41. The van der Waals surface area contributed by atoms with Gasteiger partial charge in [0.25, 0.3) is 0 Å². The van der Waals surface area contributed by atoms with E-state index in [1.54, 1.807) is 0 Å². The maximum Gasteiger partial charge on any atom is 0.224 e. The summed E-state index contributed by atoms with van der Waals surface area (Å²) in [4.78, 5) is 15.1. The van der Waals surface area contributed by atoms with Crippen LogP contribution in [0.5, 0.6) is 0 Å². The third kappa shape index (κ3) is 3.14. The van der Waals surface area contributed by atoms with Gasteiger partial charge in [0.1, 0.15) is 0 Å². The molecule has 0 aliphatic rings. The first-order valence-electron chi connectivity index (χ1n) is 5.42. The molecule has 5 heteroatoms. The molecule has 2 aromatic rings. The molecule has 2 rings (SSSR count). The highest BCUT2D eigenvalue weighted by atomic mass is 16.5. The molecule has 1 aromatic heterocycles. The maximum atomic E-state index is 11.2. The number of carbonyl (C=O) groups is 1. The largest absolute Gasteiger partial charge is 0.343 e. The molecule has 0 saturated heterocycles. The number of rotatable bonds is 4. The zero-order valence-corrected chi connectivity index (χ0v) is 9.51. The van der Waals surface area contributed by atoms with E-state index in [4.69, 9.17) is 0 Å². The van der Waals surface area contributed by atoms with Crippen LogP contribution >= 0.6 is 0 Å². The van der Waals surface area contributed by atoms with Gasteiger partial charge in [-0.2, -0.15) is 4.98 Å². The molecule has 5 nitrogen and oxygen atoms in total. The van der Waals surface area contributed by atoms with Crippen LogP contribution in [-0.2, 0) is 11.2 Å². The van der Waals surface area contributed by atoms with Crippen LogP contribution in [0.15, 0.2) is 35.2 Å². The summed E-state index contributed by atoms with van der Waals surface area (Å²) in [6.07, 6.45) is 2.41. The van der Waals surface area contributed by atoms with Crippen LogP contribution in [0.3, 0.4) is 0 Å². The Morgan fingerprint density at radius 1 is 1.35 bits per heavy atom. The Hall–Kier alpha value is -2.17.